The number of methoxy groups -OCH3 is 2. The van der Waals surface area contributed by atoms with Gasteiger partial charge >= 0.3 is 0 Å². The number of ether oxygens (including phenoxy) is 2. The Morgan fingerprint density at radius 3 is 2.64 bits per heavy atom. The molecule has 1 saturated heterocycles. The number of hydrogen-bond acceptors (Lipinski definition) is 5. The van der Waals surface area contributed by atoms with Crippen LogP contribution in [0.1, 0.15) is 25.3 Å². The first-order valence-electron chi connectivity index (χ1n) is 7.08. The van der Waals surface area contributed by atoms with Gasteiger partial charge in [-0.25, -0.2) is 0 Å². The lowest BCUT2D eigenvalue weighted by molar-refractivity contribution is -0.122. The fourth-order valence-electron chi connectivity index (χ4n) is 2.10. The summed E-state index contributed by atoms with van der Waals surface area (Å²) in [6, 6.07) is 5.56. The minimum atomic E-state index is -0.0155. The summed E-state index contributed by atoms with van der Waals surface area (Å²) in [4.78, 5) is 14.7. The van der Waals surface area contributed by atoms with Gasteiger partial charge in [-0.1, -0.05) is 43.4 Å². The summed E-state index contributed by atoms with van der Waals surface area (Å²) in [6.45, 7) is 2.78. The van der Waals surface area contributed by atoms with E-state index in [4.69, 9.17) is 21.7 Å². The van der Waals surface area contributed by atoms with E-state index in [-0.39, 0.29) is 5.91 Å². The topological polar surface area (TPSA) is 38.8 Å². The van der Waals surface area contributed by atoms with E-state index >= 15 is 0 Å². The van der Waals surface area contributed by atoms with Gasteiger partial charge in [-0.15, -0.1) is 0 Å². The molecule has 1 aliphatic rings. The van der Waals surface area contributed by atoms with E-state index in [1.54, 1.807) is 19.1 Å². The molecule has 1 amide bonds. The second kappa shape index (κ2) is 7.65. The zero-order valence-electron chi connectivity index (χ0n) is 12.9. The number of carbonyl (C=O) groups excluding carboxylic acids is 1. The Morgan fingerprint density at radius 2 is 2.00 bits per heavy atom. The zero-order chi connectivity index (χ0) is 16.1. The summed E-state index contributed by atoms with van der Waals surface area (Å²) in [5, 5.41) is 0. The maximum Gasteiger partial charge on any atom is 0.266 e. The van der Waals surface area contributed by atoms with Gasteiger partial charge in [0, 0.05) is 6.54 Å². The van der Waals surface area contributed by atoms with Crippen molar-refractivity contribution in [2.45, 2.75) is 19.8 Å². The normalized spacial score (nSPS) is 16.5. The Morgan fingerprint density at radius 1 is 1.27 bits per heavy atom. The van der Waals surface area contributed by atoms with Gasteiger partial charge in [0.1, 0.15) is 4.32 Å². The molecule has 4 nitrogen and oxygen atoms in total. The van der Waals surface area contributed by atoms with E-state index in [9.17, 15) is 4.79 Å². The molecule has 1 heterocycles. The summed E-state index contributed by atoms with van der Waals surface area (Å²) >= 11 is 6.64. The molecule has 0 aromatic heterocycles. The molecule has 1 fully saturated rings. The third-order valence-corrected chi connectivity index (χ3v) is 4.69. The second-order valence-corrected chi connectivity index (χ2v) is 6.48. The molecule has 0 bridgehead atoms. The van der Waals surface area contributed by atoms with Crippen LogP contribution < -0.4 is 9.47 Å². The van der Waals surface area contributed by atoms with Crippen LogP contribution in [0.25, 0.3) is 6.08 Å². The van der Waals surface area contributed by atoms with Crippen LogP contribution >= 0.6 is 24.0 Å². The molecule has 1 aromatic carbocycles. The first-order chi connectivity index (χ1) is 10.6. The van der Waals surface area contributed by atoms with Crippen molar-refractivity contribution in [2.24, 2.45) is 0 Å². The standard InChI is InChI=1S/C16H19NO3S2/c1-4-5-8-17-15(18)14(22-16(17)21)10-11-6-7-12(19-2)13(9-11)20-3/h6-7,9-10H,4-5,8H2,1-3H3/b14-10-. The minimum absolute atomic E-state index is 0.0155. The van der Waals surface area contributed by atoms with Gasteiger partial charge in [-0.05, 0) is 30.2 Å². The Balaban J connectivity index is 2.23. The second-order valence-electron chi connectivity index (χ2n) is 4.80. The molecule has 2 rings (SSSR count). The quantitative estimate of drug-likeness (QED) is 0.584. The van der Waals surface area contributed by atoms with Crippen LogP contribution in [0.3, 0.4) is 0 Å². The Bertz CT molecular complexity index is 613. The number of hydrogen-bond donors (Lipinski definition) is 0. The molecule has 0 unspecified atom stereocenters. The van der Waals surface area contributed by atoms with Crippen molar-refractivity contribution in [3.63, 3.8) is 0 Å². The third-order valence-electron chi connectivity index (χ3n) is 3.31. The number of unbranched alkanes of at least 4 members (excludes halogenated alkanes) is 1. The van der Waals surface area contributed by atoms with E-state index in [0.717, 1.165) is 18.4 Å². The lowest BCUT2D eigenvalue weighted by Gasteiger charge is -2.13. The van der Waals surface area contributed by atoms with Gasteiger partial charge in [0.25, 0.3) is 5.91 Å². The molecular weight excluding hydrogens is 318 g/mol. The van der Waals surface area contributed by atoms with E-state index in [2.05, 4.69) is 6.92 Å². The van der Waals surface area contributed by atoms with E-state index in [0.29, 0.717) is 27.3 Å². The first-order valence-corrected chi connectivity index (χ1v) is 8.30. The van der Waals surface area contributed by atoms with Gasteiger partial charge in [-0.2, -0.15) is 0 Å². The van der Waals surface area contributed by atoms with Crippen molar-refractivity contribution >= 4 is 40.3 Å². The predicted octanol–water partition coefficient (Wildman–Crippen LogP) is 3.71. The molecule has 1 aliphatic heterocycles. The lowest BCUT2D eigenvalue weighted by atomic mass is 10.2. The van der Waals surface area contributed by atoms with Crippen LogP contribution in [-0.4, -0.2) is 35.9 Å². The van der Waals surface area contributed by atoms with Gasteiger partial charge < -0.3 is 9.47 Å². The molecule has 0 aliphatic carbocycles. The van der Waals surface area contributed by atoms with E-state index in [1.807, 2.05) is 24.3 Å². The number of nitrogens with zero attached hydrogens (tertiary/aromatic N) is 1. The monoisotopic (exact) mass is 337 g/mol. The van der Waals surface area contributed by atoms with Crippen molar-refractivity contribution in [1.29, 1.82) is 0 Å². The minimum Gasteiger partial charge on any atom is -0.493 e. The van der Waals surface area contributed by atoms with Crippen LogP contribution in [0.5, 0.6) is 11.5 Å². The van der Waals surface area contributed by atoms with Crippen LogP contribution in [0.4, 0.5) is 0 Å². The molecule has 22 heavy (non-hydrogen) atoms. The molecule has 118 valence electrons. The molecule has 6 heteroatoms. The van der Waals surface area contributed by atoms with Crippen LogP contribution in [-0.2, 0) is 4.79 Å². The van der Waals surface area contributed by atoms with Gasteiger partial charge in [-0.3, -0.25) is 9.69 Å². The number of amides is 1. The Kier molecular flexibility index (Phi) is 5.85. The van der Waals surface area contributed by atoms with Gasteiger partial charge in [0.05, 0.1) is 19.1 Å². The van der Waals surface area contributed by atoms with E-state index in [1.165, 1.54) is 11.8 Å². The molecule has 0 saturated carbocycles. The highest BCUT2D eigenvalue weighted by Crippen LogP contribution is 2.34. The highest BCUT2D eigenvalue weighted by atomic mass is 32.2. The fraction of sp³-hybridized carbons (Fsp3) is 0.375. The highest BCUT2D eigenvalue weighted by molar-refractivity contribution is 8.26. The summed E-state index contributed by atoms with van der Waals surface area (Å²) < 4.78 is 11.1. The van der Waals surface area contributed by atoms with Crippen molar-refractivity contribution in [3.05, 3.63) is 28.7 Å². The molecule has 0 atom stereocenters. The van der Waals surface area contributed by atoms with Crippen molar-refractivity contribution in [2.75, 3.05) is 20.8 Å². The SMILES string of the molecule is CCCCN1C(=O)/C(=C/c2ccc(OC)c(OC)c2)SC1=S. The molecule has 0 spiro atoms. The third kappa shape index (κ3) is 3.62. The molecule has 0 radical (unpaired) electrons. The Hall–Kier alpha value is -1.53. The number of carbonyl (C=O) groups is 1. The fourth-order valence-corrected chi connectivity index (χ4v) is 3.41. The van der Waals surface area contributed by atoms with Crippen LogP contribution in [0, 0.1) is 0 Å². The van der Waals surface area contributed by atoms with Crippen LogP contribution in [0.15, 0.2) is 23.1 Å². The number of rotatable bonds is 6. The number of benzene rings is 1. The summed E-state index contributed by atoms with van der Waals surface area (Å²) in [5.74, 6) is 1.28. The summed E-state index contributed by atoms with van der Waals surface area (Å²) in [7, 11) is 3.18. The van der Waals surface area contributed by atoms with E-state index < -0.39 is 0 Å². The average Bonchev–Trinajstić information content (AvgIpc) is 2.79. The molecule has 0 N–H and O–H groups in total. The zero-order valence-corrected chi connectivity index (χ0v) is 14.6. The Labute approximate surface area is 140 Å². The lowest BCUT2D eigenvalue weighted by Crippen LogP contribution is -2.28. The predicted molar refractivity (Wildman–Crippen MR) is 94.3 cm³/mol. The summed E-state index contributed by atoms with van der Waals surface area (Å²) in [5.41, 5.74) is 0.883. The first kappa shape index (κ1) is 16.8. The summed E-state index contributed by atoms with van der Waals surface area (Å²) in [6.07, 6.45) is 3.83. The maximum atomic E-state index is 12.4. The van der Waals surface area contributed by atoms with Gasteiger partial charge in [0.15, 0.2) is 11.5 Å². The van der Waals surface area contributed by atoms with Crippen molar-refractivity contribution < 1.29 is 14.3 Å². The maximum absolute atomic E-state index is 12.4. The smallest absolute Gasteiger partial charge is 0.266 e. The molecular formula is C16H19NO3S2. The molecule has 1 aromatic rings. The van der Waals surface area contributed by atoms with Crippen molar-refractivity contribution in [1.82, 2.24) is 4.90 Å². The number of thioether (sulfide) groups is 1. The van der Waals surface area contributed by atoms with Crippen LogP contribution in [0.2, 0.25) is 0 Å². The van der Waals surface area contributed by atoms with Crippen molar-refractivity contribution in [3.8, 4) is 11.5 Å². The number of thiocarbonyl (C=S) groups is 1. The average molecular weight is 337 g/mol. The van der Waals surface area contributed by atoms with Gasteiger partial charge in [0.2, 0.25) is 0 Å². The highest BCUT2D eigenvalue weighted by Gasteiger charge is 2.31. The largest absolute Gasteiger partial charge is 0.493 e.